The number of hydrogen-bond donors (Lipinski definition) is 0. The molecule has 0 saturated carbocycles. The second-order valence-electron chi connectivity index (χ2n) is 4.66. The van der Waals surface area contributed by atoms with Crippen molar-refractivity contribution in [2.24, 2.45) is 7.05 Å². The molecule has 1 heterocycles. The van der Waals surface area contributed by atoms with Gasteiger partial charge in [-0.2, -0.15) is 5.26 Å². The summed E-state index contributed by atoms with van der Waals surface area (Å²) in [5.74, 6) is 1.56. The molecule has 4 nitrogen and oxygen atoms in total. The van der Waals surface area contributed by atoms with Gasteiger partial charge in [0.1, 0.15) is 29.0 Å². The number of ether oxygens (including phenoxy) is 1. The van der Waals surface area contributed by atoms with E-state index >= 15 is 0 Å². The van der Waals surface area contributed by atoms with Crippen LogP contribution in [0, 0.1) is 32.1 Å². The number of aryl methyl sites for hydroxylation is 3. The highest BCUT2D eigenvalue weighted by Crippen LogP contribution is 2.33. The first kappa shape index (κ1) is 13.2. The number of nitrogens with zero attached hydrogens (tertiary/aromatic N) is 3. The van der Waals surface area contributed by atoms with Crippen molar-refractivity contribution < 1.29 is 4.74 Å². The molecular weight excluding hydrogens is 238 g/mol. The first-order chi connectivity index (χ1) is 8.99. The first-order valence-corrected chi connectivity index (χ1v) is 6.08. The van der Waals surface area contributed by atoms with Gasteiger partial charge >= 0.3 is 0 Å². The van der Waals surface area contributed by atoms with Crippen LogP contribution in [-0.4, -0.2) is 16.7 Å². The van der Waals surface area contributed by atoms with Crippen molar-refractivity contribution in [3.8, 4) is 23.1 Å². The van der Waals surface area contributed by atoms with E-state index in [2.05, 4.69) is 11.1 Å². The Morgan fingerprint density at radius 1 is 1.21 bits per heavy atom. The van der Waals surface area contributed by atoms with Gasteiger partial charge < -0.3 is 9.30 Å². The van der Waals surface area contributed by atoms with Crippen LogP contribution in [0.4, 0.5) is 0 Å². The molecule has 98 valence electrons. The lowest BCUT2D eigenvalue weighted by Crippen LogP contribution is -1.96. The molecule has 0 N–H and O–H groups in total. The maximum Gasteiger partial charge on any atom is 0.148 e. The molecule has 0 unspecified atom stereocenters. The summed E-state index contributed by atoms with van der Waals surface area (Å²) >= 11 is 0. The third-order valence-electron chi connectivity index (χ3n) is 3.50. The fourth-order valence-corrected chi connectivity index (χ4v) is 2.07. The van der Waals surface area contributed by atoms with Crippen LogP contribution in [0.3, 0.4) is 0 Å². The van der Waals surface area contributed by atoms with Crippen LogP contribution in [0.25, 0.3) is 11.3 Å². The smallest absolute Gasteiger partial charge is 0.148 e. The van der Waals surface area contributed by atoms with Gasteiger partial charge in [0.2, 0.25) is 0 Å². The maximum absolute atomic E-state index is 9.31. The highest BCUT2D eigenvalue weighted by Gasteiger charge is 2.18. The molecule has 19 heavy (non-hydrogen) atoms. The molecule has 0 spiro atoms. The van der Waals surface area contributed by atoms with Crippen LogP contribution in [-0.2, 0) is 7.05 Å². The largest absolute Gasteiger partial charge is 0.496 e. The SMILES string of the molecule is COc1cc(C)c(C)cc1-c1nc(C)n(C)c1C#N. The van der Waals surface area contributed by atoms with Gasteiger partial charge in [0, 0.05) is 12.6 Å². The van der Waals surface area contributed by atoms with Gasteiger partial charge in [0.25, 0.3) is 0 Å². The molecule has 0 amide bonds. The number of aromatic nitrogens is 2. The van der Waals surface area contributed by atoms with E-state index in [4.69, 9.17) is 4.74 Å². The van der Waals surface area contributed by atoms with Crippen LogP contribution >= 0.6 is 0 Å². The molecule has 0 saturated heterocycles. The third kappa shape index (κ3) is 2.08. The van der Waals surface area contributed by atoms with E-state index in [-0.39, 0.29) is 0 Å². The molecule has 0 aliphatic heterocycles. The summed E-state index contributed by atoms with van der Waals surface area (Å²) in [6.45, 7) is 5.97. The van der Waals surface area contributed by atoms with Gasteiger partial charge in [0.15, 0.2) is 0 Å². The Kier molecular flexibility index (Phi) is 3.30. The first-order valence-electron chi connectivity index (χ1n) is 6.08. The molecule has 1 aromatic carbocycles. The monoisotopic (exact) mass is 255 g/mol. The van der Waals surface area contributed by atoms with Crippen molar-refractivity contribution >= 4 is 0 Å². The van der Waals surface area contributed by atoms with Gasteiger partial charge in [-0.15, -0.1) is 0 Å². The van der Waals surface area contributed by atoms with E-state index in [0.717, 1.165) is 28.3 Å². The topological polar surface area (TPSA) is 50.8 Å². The van der Waals surface area contributed by atoms with Gasteiger partial charge in [-0.25, -0.2) is 4.98 Å². The Hall–Kier alpha value is -2.28. The average molecular weight is 255 g/mol. The number of nitriles is 1. The van der Waals surface area contributed by atoms with Crippen molar-refractivity contribution in [2.45, 2.75) is 20.8 Å². The zero-order chi connectivity index (χ0) is 14.2. The number of methoxy groups -OCH3 is 1. The second kappa shape index (κ2) is 4.77. The highest BCUT2D eigenvalue weighted by atomic mass is 16.5. The van der Waals surface area contributed by atoms with Crippen molar-refractivity contribution in [3.63, 3.8) is 0 Å². The highest BCUT2D eigenvalue weighted by molar-refractivity contribution is 5.73. The summed E-state index contributed by atoms with van der Waals surface area (Å²) in [5.41, 5.74) is 4.42. The minimum absolute atomic E-state index is 0.555. The summed E-state index contributed by atoms with van der Waals surface area (Å²) < 4.78 is 7.22. The molecular formula is C15H17N3O. The Balaban J connectivity index is 2.76. The van der Waals surface area contributed by atoms with Gasteiger partial charge in [-0.05, 0) is 44.0 Å². The Labute approximate surface area is 113 Å². The molecule has 2 aromatic rings. The maximum atomic E-state index is 9.31. The van der Waals surface area contributed by atoms with Crippen LogP contribution in [0.2, 0.25) is 0 Å². The number of benzene rings is 1. The van der Waals surface area contributed by atoms with E-state index in [1.807, 2.05) is 40.0 Å². The molecule has 0 radical (unpaired) electrons. The van der Waals surface area contributed by atoms with Crippen LogP contribution in [0.15, 0.2) is 12.1 Å². The van der Waals surface area contributed by atoms with Crippen molar-refractivity contribution in [1.29, 1.82) is 5.26 Å². The molecule has 0 fully saturated rings. The van der Waals surface area contributed by atoms with Gasteiger partial charge in [0.05, 0.1) is 7.11 Å². The van der Waals surface area contributed by atoms with E-state index in [1.54, 1.807) is 11.7 Å². The number of imidazole rings is 1. The zero-order valence-electron chi connectivity index (χ0n) is 11.9. The minimum atomic E-state index is 0.555. The van der Waals surface area contributed by atoms with E-state index in [0.29, 0.717) is 11.4 Å². The van der Waals surface area contributed by atoms with Crippen molar-refractivity contribution in [2.75, 3.05) is 7.11 Å². The average Bonchev–Trinajstić information content (AvgIpc) is 2.68. The molecule has 1 aromatic heterocycles. The fourth-order valence-electron chi connectivity index (χ4n) is 2.07. The van der Waals surface area contributed by atoms with Gasteiger partial charge in [-0.3, -0.25) is 0 Å². The summed E-state index contributed by atoms with van der Waals surface area (Å²) in [6.07, 6.45) is 0. The predicted octanol–water partition coefficient (Wildman–Crippen LogP) is 2.89. The molecule has 0 bridgehead atoms. The lowest BCUT2D eigenvalue weighted by molar-refractivity contribution is 0.416. The lowest BCUT2D eigenvalue weighted by atomic mass is 10.0. The van der Waals surface area contributed by atoms with Crippen LogP contribution in [0.1, 0.15) is 22.6 Å². The number of rotatable bonds is 2. The molecule has 4 heteroatoms. The summed E-state index contributed by atoms with van der Waals surface area (Å²) in [5, 5.41) is 9.31. The molecule has 0 aliphatic rings. The standard InChI is InChI=1S/C15H17N3O/c1-9-6-12(14(19-5)7-10(9)2)15-13(8-16)18(4)11(3)17-15/h6-7H,1-5H3. The van der Waals surface area contributed by atoms with Crippen molar-refractivity contribution in [3.05, 3.63) is 34.8 Å². The fraction of sp³-hybridized carbons (Fsp3) is 0.333. The normalized spacial score (nSPS) is 10.3. The molecule has 0 atom stereocenters. The molecule has 2 rings (SSSR count). The minimum Gasteiger partial charge on any atom is -0.496 e. The van der Waals surface area contributed by atoms with Gasteiger partial charge in [-0.1, -0.05) is 0 Å². The van der Waals surface area contributed by atoms with E-state index in [1.165, 1.54) is 0 Å². The summed E-state index contributed by atoms with van der Waals surface area (Å²) in [6, 6.07) is 6.22. The quantitative estimate of drug-likeness (QED) is 0.829. The Morgan fingerprint density at radius 3 is 2.42 bits per heavy atom. The molecule has 0 aliphatic carbocycles. The van der Waals surface area contributed by atoms with Crippen LogP contribution in [0.5, 0.6) is 5.75 Å². The Morgan fingerprint density at radius 2 is 1.84 bits per heavy atom. The predicted molar refractivity (Wildman–Crippen MR) is 74.1 cm³/mol. The van der Waals surface area contributed by atoms with Crippen LogP contribution < -0.4 is 4.74 Å². The zero-order valence-corrected chi connectivity index (χ0v) is 11.9. The van der Waals surface area contributed by atoms with E-state index < -0.39 is 0 Å². The van der Waals surface area contributed by atoms with E-state index in [9.17, 15) is 5.26 Å². The second-order valence-corrected chi connectivity index (χ2v) is 4.66. The lowest BCUT2D eigenvalue weighted by Gasteiger charge is -2.10. The van der Waals surface area contributed by atoms with Crippen molar-refractivity contribution in [1.82, 2.24) is 9.55 Å². The summed E-state index contributed by atoms with van der Waals surface area (Å²) in [7, 11) is 3.48. The summed E-state index contributed by atoms with van der Waals surface area (Å²) in [4.78, 5) is 4.49. The number of hydrogen-bond acceptors (Lipinski definition) is 3. The third-order valence-corrected chi connectivity index (χ3v) is 3.50. The Bertz CT molecular complexity index is 678.